The van der Waals surface area contributed by atoms with E-state index in [2.05, 4.69) is 4.42 Å². The molecular formula is C6H8N2O4. The summed E-state index contributed by atoms with van der Waals surface area (Å²) in [6, 6.07) is 2.50. The SMILES string of the molecule is NC[C@@H](O)c1ccc([N+](=O)[O-])o1. The van der Waals surface area contributed by atoms with Crippen molar-refractivity contribution in [1.29, 1.82) is 0 Å². The molecule has 0 amide bonds. The molecule has 0 aliphatic carbocycles. The summed E-state index contributed by atoms with van der Waals surface area (Å²) in [4.78, 5) is 9.45. The molecule has 0 spiro atoms. The molecule has 0 unspecified atom stereocenters. The van der Waals surface area contributed by atoms with Crippen LogP contribution >= 0.6 is 0 Å². The zero-order valence-electron chi connectivity index (χ0n) is 6.14. The fourth-order valence-electron chi connectivity index (χ4n) is 0.736. The van der Waals surface area contributed by atoms with Gasteiger partial charge in [0.1, 0.15) is 16.8 Å². The molecule has 0 bridgehead atoms. The van der Waals surface area contributed by atoms with E-state index in [1.54, 1.807) is 0 Å². The Morgan fingerprint density at radius 2 is 2.42 bits per heavy atom. The van der Waals surface area contributed by atoms with Gasteiger partial charge < -0.3 is 15.3 Å². The van der Waals surface area contributed by atoms with Crippen molar-refractivity contribution < 1.29 is 14.4 Å². The molecule has 66 valence electrons. The van der Waals surface area contributed by atoms with Gasteiger partial charge in [-0.2, -0.15) is 0 Å². The van der Waals surface area contributed by atoms with Gasteiger partial charge in [0.25, 0.3) is 0 Å². The van der Waals surface area contributed by atoms with Gasteiger partial charge in [-0.15, -0.1) is 0 Å². The van der Waals surface area contributed by atoms with E-state index in [0.29, 0.717) is 0 Å². The van der Waals surface area contributed by atoms with Gasteiger partial charge in [0.05, 0.1) is 6.07 Å². The van der Waals surface area contributed by atoms with Gasteiger partial charge in [0.15, 0.2) is 0 Å². The highest BCUT2D eigenvalue weighted by Gasteiger charge is 2.16. The molecule has 3 N–H and O–H groups in total. The number of furan rings is 1. The Bertz CT molecular complexity index is 283. The third-order valence-electron chi connectivity index (χ3n) is 1.34. The van der Waals surface area contributed by atoms with E-state index in [0.717, 1.165) is 0 Å². The number of nitrogens with zero attached hydrogens (tertiary/aromatic N) is 1. The van der Waals surface area contributed by atoms with Gasteiger partial charge in [-0.05, 0) is 6.07 Å². The predicted octanol–water partition coefficient (Wildman–Crippen LogP) is 0.180. The summed E-state index contributed by atoms with van der Waals surface area (Å²) >= 11 is 0. The smallest absolute Gasteiger partial charge is 0.403 e. The lowest BCUT2D eigenvalue weighted by Crippen LogP contribution is -2.10. The number of rotatable bonds is 3. The molecule has 1 aromatic rings. The van der Waals surface area contributed by atoms with E-state index < -0.39 is 16.9 Å². The van der Waals surface area contributed by atoms with Crippen molar-refractivity contribution in [3.8, 4) is 0 Å². The summed E-state index contributed by atoms with van der Waals surface area (Å²) in [6.07, 6.45) is -0.973. The fraction of sp³-hybridized carbons (Fsp3) is 0.333. The van der Waals surface area contributed by atoms with Crippen LogP contribution in [0.2, 0.25) is 0 Å². The van der Waals surface area contributed by atoms with Crippen LogP contribution < -0.4 is 5.73 Å². The highest BCUT2D eigenvalue weighted by molar-refractivity contribution is 5.19. The normalized spacial score (nSPS) is 12.8. The maximum Gasteiger partial charge on any atom is 0.433 e. The molecule has 6 nitrogen and oxygen atoms in total. The average molecular weight is 172 g/mol. The summed E-state index contributed by atoms with van der Waals surface area (Å²) in [6.45, 7) is -0.0231. The molecule has 0 aliphatic rings. The fourth-order valence-corrected chi connectivity index (χ4v) is 0.736. The van der Waals surface area contributed by atoms with Crippen LogP contribution in [0.4, 0.5) is 5.88 Å². The van der Waals surface area contributed by atoms with Crippen molar-refractivity contribution in [2.45, 2.75) is 6.10 Å². The van der Waals surface area contributed by atoms with E-state index in [4.69, 9.17) is 10.8 Å². The summed E-state index contributed by atoms with van der Waals surface area (Å²) in [5, 5.41) is 19.2. The van der Waals surface area contributed by atoms with Crippen molar-refractivity contribution >= 4 is 5.88 Å². The summed E-state index contributed by atoms with van der Waals surface area (Å²) < 4.78 is 4.67. The third-order valence-corrected chi connectivity index (χ3v) is 1.34. The molecule has 0 aliphatic heterocycles. The Balaban J connectivity index is 2.84. The highest BCUT2D eigenvalue weighted by Crippen LogP contribution is 2.20. The number of hydrogen-bond acceptors (Lipinski definition) is 5. The molecule has 0 saturated heterocycles. The Morgan fingerprint density at radius 3 is 2.83 bits per heavy atom. The number of aliphatic hydroxyl groups excluding tert-OH is 1. The maximum atomic E-state index is 10.1. The molecule has 1 atom stereocenters. The summed E-state index contributed by atoms with van der Waals surface area (Å²) in [5.74, 6) is -0.276. The lowest BCUT2D eigenvalue weighted by atomic mass is 10.3. The number of hydrogen-bond donors (Lipinski definition) is 2. The zero-order chi connectivity index (χ0) is 9.14. The van der Waals surface area contributed by atoms with Crippen molar-refractivity contribution in [2.75, 3.05) is 6.54 Å². The van der Waals surface area contributed by atoms with Crippen LogP contribution in [-0.4, -0.2) is 16.6 Å². The minimum Gasteiger partial charge on any atom is -0.403 e. The van der Waals surface area contributed by atoms with Crippen LogP contribution in [0.1, 0.15) is 11.9 Å². The Morgan fingerprint density at radius 1 is 1.75 bits per heavy atom. The van der Waals surface area contributed by atoms with Gasteiger partial charge >= 0.3 is 5.88 Å². The van der Waals surface area contributed by atoms with E-state index in [-0.39, 0.29) is 12.3 Å². The van der Waals surface area contributed by atoms with Crippen molar-refractivity contribution in [1.82, 2.24) is 0 Å². The number of aliphatic hydroxyl groups is 1. The van der Waals surface area contributed by atoms with E-state index >= 15 is 0 Å². The maximum absolute atomic E-state index is 10.1. The minimum atomic E-state index is -0.973. The Labute approximate surface area is 67.7 Å². The number of nitro groups is 1. The zero-order valence-corrected chi connectivity index (χ0v) is 6.14. The standard InChI is InChI=1S/C6H8N2O4/c7-3-4(9)5-1-2-6(12-5)8(10)11/h1-2,4,9H,3,7H2/t4-/m1/s1. The van der Waals surface area contributed by atoms with E-state index in [1.807, 2.05) is 0 Å². The summed E-state index contributed by atoms with van der Waals surface area (Å²) in [5.41, 5.74) is 5.11. The van der Waals surface area contributed by atoms with Crippen LogP contribution in [0.3, 0.4) is 0 Å². The molecule has 0 saturated carbocycles. The lowest BCUT2D eigenvalue weighted by molar-refractivity contribution is -0.402. The number of nitrogens with two attached hydrogens (primary N) is 1. The average Bonchev–Trinajstić information content (AvgIpc) is 2.51. The topological polar surface area (TPSA) is 103 Å². The molecule has 1 heterocycles. The molecule has 1 rings (SSSR count). The lowest BCUT2D eigenvalue weighted by Gasteiger charge is -2.00. The molecule has 6 heteroatoms. The van der Waals surface area contributed by atoms with Gasteiger partial charge in [0, 0.05) is 6.54 Å². The van der Waals surface area contributed by atoms with Gasteiger partial charge in [-0.3, -0.25) is 10.1 Å². The summed E-state index contributed by atoms with van der Waals surface area (Å²) in [7, 11) is 0. The first-order valence-corrected chi connectivity index (χ1v) is 3.27. The van der Waals surface area contributed by atoms with Crippen LogP contribution in [-0.2, 0) is 0 Å². The quantitative estimate of drug-likeness (QED) is 0.500. The molecule has 0 radical (unpaired) electrons. The van der Waals surface area contributed by atoms with Gasteiger partial charge in [-0.1, -0.05) is 0 Å². The first-order valence-electron chi connectivity index (χ1n) is 3.27. The largest absolute Gasteiger partial charge is 0.433 e. The molecule has 0 aromatic carbocycles. The van der Waals surface area contributed by atoms with E-state index in [1.165, 1.54) is 12.1 Å². The van der Waals surface area contributed by atoms with Gasteiger partial charge in [0.2, 0.25) is 0 Å². The second-order valence-corrected chi connectivity index (χ2v) is 2.18. The monoisotopic (exact) mass is 172 g/mol. The molecule has 0 fully saturated rings. The minimum absolute atomic E-state index is 0.0231. The van der Waals surface area contributed by atoms with Crippen molar-refractivity contribution in [2.24, 2.45) is 5.73 Å². The Hall–Kier alpha value is -1.40. The van der Waals surface area contributed by atoms with Crippen LogP contribution in [0.15, 0.2) is 16.5 Å². The van der Waals surface area contributed by atoms with Crippen LogP contribution in [0, 0.1) is 10.1 Å². The van der Waals surface area contributed by atoms with Crippen molar-refractivity contribution in [3.05, 3.63) is 28.0 Å². The first-order chi connectivity index (χ1) is 5.65. The van der Waals surface area contributed by atoms with Crippen molar-refractivity contribution in [3.63, 3.8) is 0 Å². The second kappa shape index (κ2) is 3.33. The van der Waals surface area contributed by atoms with E-state index in [9.17, 15) is 10.1 Å². The van der Waals surface area contributed by atoms with Crippen LogP contribution in [0.25, 0.3) is 0 Å². The molecular weight excluding hydrogens is 164 g/mol. The van der Waals surface area contributed by atoms with Crippen LogP contribution in [0.5, 0.6) is 0 Å². The highest BCUT2D eigenvalue weighted by atomic mass is 16.6. The molecule has 12 heavy (non-hydrogen) atoms. The first kappa shape index (κ1) is 8.69. The predicted molar refractivity (Wildman–Crippen MR) is 39.4 cm³/mol. The third kappa shape index (κ3) is 1.60. The Kier molecular flexibility index (Phi) is 2.41. The van der Waals surface area contributed by atoms with Gasteiger partial charge in [-0.25, -0.2) is 0 Å². The molecule has 1 aromatic heterocycles. The second-order valence-electron chi connectivity index (χ2n) is 2.18.